The minimum atomic E-state index is -0.521. The molecule has 1 atom stereocenters. The van der Waals surface area contributed by atoms with Crippen LogP contribution in [-0.2, 0) is 9.53 Å². The van der Waals surface area contributed by atoms with Crippen molar-refractivity contribution >= 4 is 5.91 Å². The molecule has 4 nitrogen and oxygen atoms in total. The molecule has 2 fully saturated rings. The standard InChI is InChI=1S/C11H20N2O2/c1-8(2)15-9-3-6-13(7-9)10(14)11(12)4-5-11/h8-9H,3-7,12H2,1-2H3. The Morgan fingerprint density at radius 1 is 1.53 bits per heavy atom. The largest absolute Gasteiger partial charge is 0.374 e. The third-order valence-electron chi connectivity index (χ3n) is 3.11. The molecule has 2 rings (SSSR count). The van der Waals surface area contributed by atoms with Gasteiger partial charge in [-0.05, 0) is 33.1 Å². The normalized spacial score (nSPS) is 28.5. The quantitative estimate of drug-likeness (QED) is 0.741. The van der Waals surface area contributed by atoms with E-state index < -0.39 is 5.54 Å². The summed E-state index contributed by atoms with van der Waals surface area (Å²) in [5.41, 5.74) is 5.36. The maximum atomic E-state index is 11.9. The molecule has 0 aromatic carbocycles. The molecule has 1 amide bonds. The van der Waals surface area contributed by atoms with Gasteiger partial charge in [0.1, 0.15) is 0 Å². The fraction of sp³-hybridized carbons (Fsp3) is 0.909. The number of hydrogen-bond acceptors (Lipinski definition) is 3. The molecule has 1 aliphatic carbocycles. The molecule has 1 saturated heterocycles. The number of rotatable bonds is 3. The molecule has 15 heavy (non-hydrogen) atoms. The number of hydrogen-bond donors (Lipinski definition) is 1. The average molecular weight is 212 g/mol. The van der Waals surface area contributed by atoms with Crippen LogP contribution in [0.1, 0.15) is 33.1 Å². The molecule has 1 heterocycles. The molecule has 0 bridgehead atoms. The van der Waals surface area contributed by atoms with Crippen molar-refractivity contribution in [3.05, 3.63) is 0 Å². The van der Waals surface area contributed by atoms with Gasteiger partial charge >= 0.3 is 0 Å². The summed E-state index contributed by atoms with van der Waals surface area (Å²) in [4.78, 5) is 13.8. The lowest BCUT2D eigenvalue weighted by Gasteiger charge is -2.21. The predicted molar refractivity (Wildman–Crippen MR) is 57.4 cm³/mol. The lowest BCUT2D eigenvalue weighted by Crippen LogP contribution is -2.45. The van der Waals surface area contributed by atoms with Gasteiger partial charge in [0, 0.05) is 13.1 Å². The lowest BCUT2D eigenvalue weighted by molar-refractivity contribution is -0.133. The Kier molecular flexibility index (Phi) is 2.73. The van der Waals surface area contributed by atoms with Crippen molar-refractivity contribution in [3.8, 4) is 0 Å². The van der Waals surface area contributed by atoms with E-state index in [1.165, 1.54) is 0 Å². The van der Waals surface area contributed by atoms with Crippen molar-refractivity contribution in [2.45, 2.75) is 50.9 Å². The number of nitrogens with zero attached hydrogens (tertiary/aromatic N) is 1. The highest BCUT2D eigenvalue weighted by Gasteiger charge is 2.49. The molecule has 0 aromatic heterocycles. The highest BCUT2D eigenvalue weighted by atomic mass is 16.5. The van der Waals surface area contributed by atoms with E-state index >= 15 is 0 Å². The number of carbonyl (C=O) groups is 1. The summed E-state index contributed by atoms with van der Waals surface area (Å²) < 4.78 is 5.69. The molecule has 2 N–H and O–H groups in total. The maximum Gasteiger partial charge on any atom is 0.242 e. The summed E-state index contributed by atoms with van der Waals surface area (Å²) in [6.07, 6.45) is 3.07. The van der Waals surface area contributed by atoms with Crippen LogP contribution in [0.4, 0.5) is 0 Å². The van der Waals surface area contributed by atoms with Crippen molar-refractivity contribution in [1.82, 2.24) is 4.90 Å². The minimum Gasteiger partial charge on any atom is -0.374 e. The van der Waals surface area contributed by atoms with Crippen LogP contribution in [0.25, 0.3) is 0 Å². The monoisotopic (exact) mass is 212 g/mol. The van der Waals surface area contributed by atoms with E-state index in [9.17, 15) is 4.79 Å². The van der Waals surface area contributed by atoms with Crippen molar-refractivity contribution in [2.75, 3.05) is 13.1 Å². The van der Waals surface area contributed by atoms with E-state index in [4.69, 9.17) is 10.5 Å². The summed E-state index contributed by atoms with van der Waals surface area (Å²) in [6, 6.07) is 0. The number of amides is 1. The summed E-state index contributed by atoms with van der Waals surface area (Å²) in [5, 5.41) is 0. The van der Waals surface area contributed by atoms with Gasteiger partial charge in [-0.25, -0.2) is 0 Å². The van der Waals surface area contributed by atoms with Gasteiger partial charge in [0.15, 0.2) is 0 Å². The van der Waals surface area contributed by atoms with Crippen LogP contribution in [-0.4, -0.2) is 41.6 Å². The first-order valence-corrected chi connectivity index (χ1v) is 5.75. The first-order valence-electron chi connectivity index (χ1n) is 5.75. The number of ether oxygens (including phenoxy) is 1. The molecular formula is C11H20N2O2. The number of likely N-dealkylation sites (tertiary alicyclic amines) is 1. The fourth-order valence-electron chi connectivity index (χ4n) is 2.07. The van der Waals surface area contributed by atoms with Crippen LogP contribution in [0.3, 0.4) is 0 Å². The van der Waals surface area contributed by atoms with E-state index in [0.717, 1.165) is 32.4 Å². The van der Waals surface area contributed by atoms with Crippen molar-refractivity contribution in [1.29, 1.82) is 0 Å². The van der Waals surface area contributed by atoms with Crippen LogP contribution in [0, 0.1) is 0 Å². The van der Waals surface area contributed by atoms with Gasteiger partial charge in [-0.1, -0.05) is 0 Å². The van der Waals surface area contributed by atoms with E-state index in [1.54, 1.807) is 0 Å². The second kappa shape index (κ2) is 3.76. The molecule has 0 spiro atoms. The molecule has 4 heteroatoms. The number of carbonyl (C=O) groups excluding carboxylic acids is 1. The highest BCUT2D eigenvalue weighted by Crippen LogP contribution is 2.35. The SMILES string of the molecule is CC(C)OC1CCN(C(=O)C2(N)CC2)C1. The van der Waals surface area contributed by atoms with Gasteiger partial charge in [-0.15, -0.1) is 0 Å². The third kappa shape index (κ3) is 2.32. The summed E-state index contributed by atoms with van der Waals surface area (Å²) in [6.45, 7) is 5.57. The third-order valence-corrected chi connectivity index (χ3v) is 3.11. The van der Waals surface area contributed by atoms with Crippen LogP contribution in [0.5, 0.6) is 0 Å². The summed E-state index contributed by atoms with van der Waals surface area (Å²) in [7, 11) is 0. The van der Waals surface area contributed by atoms with Crippen molar-refractivity contribution in [2.24, 2.45) is 5.73 Å². The summed E-state index contributed by atoms with van der Waals surface area (Å²) >= 11 is 0. The Hall–Kier alpha value is -0.610. The first kappa shape index (κ1) is 10.9. The van der Waals surface area contributed by atoms with E-state index in [1.807, 2.05) is 18.7 Å². The fourth-order valence-corrected chi connectivity index (χ4v) is 2.07. The first-order chi connectivity index (χ1) is 7.01. The number of nitrogens with two attached hydrogens (primary N) is 1. The smallest absolute Gasteiger partial charge is 0.242 e. The molecule has 1 aliphatic heterocycles. The molecule has 0 radical (unpaired) electrons. The zero-order chi connectivity index (χ0) is 11.1. The van der Waals surface area contributed by atoms with E-state index in [0.29, 0.717) is 0 Å². The Bertz CT molecular complexity index is 261. The predicted octanol–water partition coefficient (Wildman–Crippen LogP) is 0.504. The van der Waals surface area contributed by atoms with Crippen LogP contribution in [0.2, 0.25) is 0 Å². The maximum absolute atomic E-state index is 11.9. The minimum absolute atomic E-state index is 0.123. The van der Waals surface area contributed by atoms with Gasteiger partial charge in [0.2, 0.25) is 5.91 Å². The molecule has 0 aromatic rings. The van der Waals surface area contributed by atoms with Crippen LogP contribution in [0.15, 0.2) is 0 Å². The highest BCUT2D eigenvalue weighted by molar-refractivity contribution is 5.89. The lowest BCUT2D eigenvalue weighted by atomic mass is 10.2. The van der Waals surface area contributed by atoms with Crippen LogP contribution >= 0.6 is 0 Å². The van der Waals surface area contributed by atoms with Crippen molar-refractivity contribution in [3.63, 3.8) is 0 Å². The van der Waals surface area contributed by atoms with Gasteiger partial charge in [0.25, 0.3) is 0 Å². The van der Waals surface area contributed by atoms with Crippen LogP contribution < -0.4 is 5.73 Å². The Balaban J connectivity index is 1.84. The van der Waals surface area contributed by atoms with Gasteiger partial charge < -0.3 is 15.4 Å². The molecule has 2 aliphatic rings. The van der Waals surface area contributed by atoms with Gasteiger partial charge in [-0.2, -0.15) is 0 Å². The molecule has 1 saturated carbocycles. The Morgan fingerprint density at radius 2 is 2.20 bits per heavy atom. The van der Waals surface area contributed by atoms with Gasteiger partial charge in [0.05, 0.1) is 17.7 Å². The molecule has 86 valence electrons. The van der Waals surface area contributed by atoms with E-state index in [2.05, 4.69) is 0 Å². The average Bonchev–Trinajstić information content (AvgIpc) is 2.75. The van der Waals surface area contributed by atoms with E-state index in [-0.39, 0.29) is 18.1 Å². The Morgan fingerprint density at radius 3 is 2.73 bits per heavy atom. The topological polar surface area (TPSA) is 55.6 Å². The summed E-state index contributed by atoms with van der Waals surface area (Å²) in [5.74, 6) is 0.123. The second-order valence-corrected chi connectivity index (χ2v) is 5.00. The zero-order valence-corrected chi connectivity index (χ0v) is 9.53. The molecule has 1 unspecified atom stereocenters. The Labute approximate surface area is 90.8 Å². The zero-order valence-electron chi connectivity index (χ0n) is 9.53. The van der Waals surface area contributed by atoms with Gasteiger partial charge in [-0.3, -0.25) is 4.79 Å². The molecular weight excluding hydrogens is 192 g/mol. The van der Waals surface area contributed by atoms with Crippen molar-refractivity contribution < 1.29 is 9.53 Å². The second-order valence-electron chi connectivity index (χ2n) is 5.00.